The second-order valence-electron chi connectivity index (χ2n) is 7.21. The highest BCUT2D eigenvalue weighted by Gasteiger charge is 2.34. The summed E-state index contributed by atoms with van der Waals surface area (Å²) in [5.41, 5.74) is 0.418. The molecular weight excluding hydrogens is 365 g/mol. The summed E-state index contributed by atoms with van der Waals surface area (Å²) >= 11 is 0. The van der Waals surface area contributed by atoms with Gasteiger partial charge < -0.3 is 4.74 Å². The number of aryl methyl sites for hydroxylation is 1. The zero-order chi connectivity index (χ0) is 20.7. The van der Waals surface area contributed by atoms with Crippen LogP contribution >= 0.6 is 0 Å². The molecule has 0 spiro atoms. The topological polar surface area (TPSA) is 24.8 Å². The summed E-state index contributed by atoms with van der Waals surface area (Å²) in [4.78, 5) is 6.72. The highest BCUT2D eigenvalue weighted by Crippen LogP contribution is 2.35. The number of unbranched alkanes of at least 4 members (excludes halogenated alkanes) is 2. The number of nitrogens with zero attached hydrogens (tertiary/aromatic N) is 2. The predicted molar refractivity (Wildman–Crippen MR) is 108 cm³/mol. The van der Waals surface area contributed by atoms with Gasteiger partial charge in [0.05, 0.1) is 24.4 Å². The van der Waals surface area contributed by atoms with Crippen molar-refractivity contribution in [3.63, 3.8) is 0 Å². The van der Waals surface area contributed by atoms with Gasteiger partial charge in [0.25, 0.3) is 0 Å². The van der Waals surface area contributed by atoms with Crippen LogP contribution in [-0.2, 0) is 17.3 Å². The molecule has 0 aromatic heterocycles. The van der Waals surface area contributed by atoms with Gasteiger partial charge in [-0.1, -0.05) is 45.4 Å². The van der Waals surface area contributed by atoms with Crippen molar-refractivity contribution in [1.29, 1.82) is 0 Å². The molecule has 1 aliphatic rings. The van der Waals surface area contributed by atoms with Crippen molar-refractivity contribution in [3.8, 4) is 0 Å². The normalized spacial score (nSPS) is 18.5. The molecule has 1 saturated heterocycles. The number of likely N-dealkylation sites (tertiary alicyclic amines) is 1. The smallest absolute Gasteiger partial charge is 0.416 e. The molecule has 0 radical (unpaired) electrons. The fourth-order valence-corrected chi connectivity index (χ4v) is 3.74. The maximum Gasteiger partial charge on any atom is 0.416 e. The number of methoxy groups -OCH3 is 1. The average Bonchev–Trinajstić information content (AvgIpc) is 3.14. The van der Waals surface area contributed by atoms with Gasteiger partial charge in [0.15, 0.2) is 0 Å². The lowest BCUT2D eigenvalue weighted by Gasteiger charge is -2.23. The Bertz CT molecular complexity index is 698. The van der Waals surface area contributed by atoms with E-state index in [2.05, 4.69) is 23.4 Å². The summed E-state index contributed by atoms with van der Waals surface area (Å²) in [6.45, 7) is 9.87. The van der Waals surface area contributed by atoms with Crippen molar-refractivity contribution < 1.29 is 17.9 Å². The number of hydrogen-bond donors (Lipinski definition) is 0. The van der Waals surface area contributed by atoms with Crippen LogP contribution in [0, 0.1) is 0 Å². The lowest BCUT2D eigenvalue weighted by molar-refractivity contribution is -0.138. The Morgan fingerprint density at radius 3 is 2.64 bits per heavy atom. The van der Waals surface area contributed by atoms with Gasteiger partial charge in [-0.05, 0) is 50.4 Å². The van der Waals surface area contributed by atoms with Crippen LogP contribution in [0.25, 0.3) is 5.70 Å². The minimum Gasteiger partial charge on any atom is -0.483 e. The van der Waals surface area contributed by atoms with Crippen molar-refractivity contribution in [2.75, 3.05) is 20.2 Å². The van der Waals surface area contributed by atoms with Gasteiger partial charge in [-0.15, -0.1) is 0 Å². The highest BCUT2D eigenvalue weighted by atomic mass is 19.4. The molecule has 1 heterocycles. The van der Waals surface area contributed by atoms with Crippen molar-refractivity contribution in [2.24, 2.45) is 4.99 Å². The Morgan fingerprint density at radius 1 is 1.29 bits per heavy atom. The number of benzene rings is 1. The molecular formula is C22H31F3N2O. The van der Waals surface area contributed by atoms with E-state index in [1.807, 2.05) is 6.92 Å². The van der Waals surface area contributed by atoms with Gasteiger partial charge in [-0.2, -0.15) is 13.2 Å². The van der Waals surface area contributed by atoms with E-state index in [-0.39, 0.29) is 6.04 Å². The molecule has 1 aromatic carbocycles. The highest BCUT2D eigenvalue weighted by molar-refractivity contribution is 5.87. The Labute approximate surface area is 166 Å². The summed E-state index contributed by atoms with van der Waals surface area (Å²) in [5, 5.41) is 0. The van der Waals surface area contributed by atoms with Crippen LogP contribution in [0.15, 0.2) is 29.8 Å². The van der Waals surface area contributed by atoms with Gasteiger partial charge in [-0.25, -0.2) is 4.99 Å². The van der Waals surface area contributed by atoms with Gasteiger partial charge in [0.1, 0.15) is 0 Å². The monoisotopic (exact) mass is 396 g/mol. The third kappa shape index (κ3) is 5.60. The fourth-order valence-electron chi connectivity index (χ4n) is 3.74. The van der Waals surface area contributed by atoms with E-state index in [4.69, 9.17) is 4.74 Å². The Kier molecular flexibility index (Phi) is 8.10. The first-order chi connectivity index (χ1) is 13.3. The predicted octanol–water partition coefficient (Wildman–Crippen LogP) is 5.94. The molecule has 1 unspecified atom stereocenters. The molecule has 1 aromatic rings. The standard InChI is InChI=1S/C22H31F3N2O/c1-5-7-8-10-17-12-13-18(15-19(17)22(23,24)25)16(3)26-21(28-4)20-11-9-14-27(20)6-2/h12-13,15,20H,3,5-11,14H2,1-2,4H3. The SMILES string of the molecule is C=C(N=C(OC)C1CCCN1CC)c1ccc(CCCCC)c(C(F)(F)F)c1. The van der Waals surface area contributed by atoms with Crippen LogP contribution in [0.1, 0.15) is 62.6 Å². The maximum absolute atomic E-state index is 13.6. The minimum absolute atomic E-state index is 0.0575. The van der Waals surface area contributed by atoms with E-state index in [0.29, 0.717) is 29.1 Å². The molecule has 28 heavy (non-hydrogen) atoms. The summed E-state index contributed by atoms with van der Waals surface area (Å²) in [7, 11) is 1.55. The van der Waals surface area contributed by atoms with Gasteiger partial charge in [-0.3, -0.25) is 4.90 Å². The third-order valence-electron chi connectivity index (χ3n) is 5.31. The molecule has 156 valence electrons. The maximum atomic E-state index is 13.6. The van der Waals surface area contributed by atoms with Crippen LogP contribution in [0.2, 0.25) is 0 Å². The first kappa shape index (κ1) is 22.5. The quantitative estimate of drug-likeness (QED) is 0.309. The van der Waals surface area contributed by atoms with Crippen molar-refractivity contribution in [1.82, 2.24) is 4.90 Å². The zero-order valence-corrected chi connectivity index (χ0v) is 17.1. The third-order valence-corrected chi connectivity index (χ3v) is 5.31. The molecule has 0 N–H and O–H groups in total. The number of hydrogen-bond acceptors (Lipinski definition) is 3. The Morgan fingerprint density at radius 2 is 2.04 bits per heavy atom. The molecule has 0 aliphatic carbocycles. The first-order valence-electron chi connectivity index (χ1n) is 10.1. The van der Waals surface area contributed by atoms with Gasteiger partial charge >= 0.3 is 6.18 Å². The van der Waals surface area contributed by atoms with E-state index < -0.39 is 11.7 Å². The van der Waals surface area contributed by atoms with Crippen LogP contribution < -0.4 is 0 Å². The fraction of sp³-hybridized carbons (Fsp3) is 0.591. The molecule has 2 rings (SSSR count). The first-order valence-corrected chi connectivity index (χ1v) is 10.1. The lowest BCUT2D eigenvalue weighted by atomic mass is 9.97. The largest absolute Gasteiger partial charge is 0.483 e. The summed E-state index contributed by atoms with van der Waals surface area (Å²) in [6.07, 6.45) is 0.658. The van der Waals surface area contributed by atoms with Gasteiger partial charge in [0.2, 0.25) is 5.90 Å². The second-order valence-corrected chi connectivity index (χ2v) is 7.21. The van der Waals surface area contributed by atoms with Crippen molar-refractivity contribution >= 4 is 11.6 Å². The number of halogens is 3. The number of alkyl halides is 3. The number of likely N-dealkylation sites (N-methyl/N-ethyl adjacent to an activating group) is 1. The summed E-state index contributed by atoms with van der Waals surface area (Å²) in [5.74, 6) is 0.518. The van der Waals surface area contributed by atoms with E-state index in [0.717, 1.165) is 45.2 Å². The number of rotatable bonds is 8. The van der Waals surface area contributed by atoms with Crippen molar-refractivity contribution in [3.05, 3.63) is 41.5 Å². The van der Waals surface area contributed by atoms with Gasteiger partial charge in [0, 0.05) is 5.56 Å². The Hall–Kier alpha value is -1.82. The van der Waals surface area contributed by atoms with Crippen molar-refractivity contribution in [2.45, 2.75) is 64.6 Å². The van der Waals surface area contributed by atoms with E-state index >= 15 is 0 Å². The van der Waals surface area contributed by atoms with Crippen LogP contribution in [0.4, 0.5) is 13.2 Å². The van der Waals surface area contributed by atoms with Crippen LogP contribution in [-0.4, -0.2) is 37.0 Å². The summed E-state index contributed by atoms with van der Waals surface area (Å²) < 4.78 is 46.2. The molecule has 6 heteroatoms. The zero-order valence-electron chi connectivity index (χ0n) is 17.1. The molecule has 1 atom stereocenters. The average molecular weight is 396 g/mol. The van der Waals surface area contributed by atoms with E-state index in [1.165, 1.54) is 6.07 Å². The molecule has 1 fully saturated rings. The molecule has 1 aliphatic heterocycles. The molecule has 3 nitrogen and oxygen atoms in total. The molecule has 0 saturated carbocycles. The molecule has 0 amide bonds. The lowest BCUT2D eigenvalue weighted by Crippen LogP contribution is -2.36. The second kappa shape index (κ2) is 10.1. The summed E-state index contributed by atoms with van der Waals surface area (Å²) in [6, 6.07) is 4.48. The minimum atomic E-state index is -4.39. The van der Waals surface area contributed by atoms with E-state index in [9.17, 15) is 13.2 Å². The van der Waals surface area contributed by atoms with E-state index in [1.54, 1.807) is 19.2 Å². The number of aliphatic imine (C=N–C) groups is 1. The van der Waals surface area contributed by atoms with Crippen LogP contribution in [0.5, 0.6) is 0 Å². The molecule has 0 bridgehead atoms. The number of ether oxygens (including phenoxy) is 1. The van der Waals surface area contributed by atoms with Crippen LogP contribution in [0.3, 0.4) is 0 Å². The Balaban J connectivity index is 2.29.